The fourth-order valence-corrected chi connectivity index (χ4v) is 11.2. The Morgan fingerprint density at radius 3 is 0.921 bits per heavy atom. The number of anilines is 6. The van der Waals surface area contributed by atoms with Gasteiger partial charge in [-0.15, -0.1) is 0 Å². The molecule has 76 heavy (non-hydrogen) atoms. The van der Waals surface area contributed by atoms with Crippen LogP contribution < -0.4 is 9.80 Å². The maximum Gasteiger partial charge on any atom is 0.143 e. The van der Waals surface area contributed by atoms with E-state index in [4.69, 9.17) is 17.7 Å². The fourth-order valence-electron chi connectivity index (χ4n) is 11.2. The Morgan fingerprint density at radius 2 is 0.513 bits per heavy atom. The minimum Gasteiger partial charge on any atom is -0.456 e. The van der Waals surface area contributed by atoms with Crippen molar-refractivity contribution in [3.63, 3.8) is 0 Å². The van der Waals surface area contributed by atoms with Crippen molar-refractivity contribution in [1.29, 1.82) is 0 Å². The highest BCUT2D eigenvalue weighted by atomic mass is 16.3. The van der Waals surface area contributed by atoms with Gasteiger partial charge < -0.3 is 27.5 Å². The van der Waals surface area contributed by atoms with E-state index >= 15 is 0 Å². The summed E-state index contributed by atoms with van der Waals surface area (Å²) in [5, 5.41) is 6.34. The predicted molar refractivity (Wildman–Crippen MR) is 312 cm³/mol. The summed E-state index contributed by atoms with van der Waals surface area (Å²) < 4.78 is 26.9. The van der Waals surface area contributed by atoms with Gasteiger partial charge >= 0.3 is 0 Å². The van der Waals surface area contributed by atoms with E-state index in [1.54, 1.807) is 0 Å². The second-order valence-electron chi connectivity index (χ2n) is 19.2. The molecule has 0 atom stereocenters. The van der Waals surface area contributed by atoms with Crippen LogP contribution in [0.1, 0.15) is 0 Å². The van der Waals surface area contributed by atoms with Gasteiger partial charge in [0.05, 0.1) is 0 Å². The van der Waals surface area contributed by atoms with Crippen LogP contribution in [0.2, 0.25) is 0 Å². The van der Waals surface area contributed by atoms with E-state index in [1.807, 2.05) is 48.5 Å². The van der Waals surface area contributed by atoms with Crippen LogP contribution in [0.15, 0.2) is 285 Å². The normalized spacial score (nSPS) is 11.7. The van der Waals surface area contributed by atoms with Gasteiger partial charge in [-0.2, -0.15) is 0 Å². The zero-order valence-electron chi connectivity index (χ0n) is 40.9. The van der Waals surface area contributed by atoms with Crippen LogP contribution in [0.25, 0.3) is 111 Å². The maximum atomic E-state index is 7.09. The average molecular weight is 977 g/mol. The molecular formula is C70H44N2O4. The van der Waals surface area contributed by atoms with Crippen LogP contribution in [0, 0.1) is 0 Å². The monoisotopic (exact) mass is 976 g/mol. The second-order valence-corrected chi connectivity index (χ2v) is 19.2. The lowest BCUT2D eigenvalue weighted by Crippen LogP contribution is -2.09. The molecule has 0 aliphatic carbocycles. The summed E-state index contributed by atoms with van der Waals surface area (Å²) in [7, 11) is 0. The number of hydrogen-bond acceptors (Lipinski definition) is 6. The first kappa shape index (κ1) is 43.3. The molecule has 0 N–H and O–H groups in total. The van der Waals surface area contributed by atoms with Crippen molar-refractivity contribution in [2.75, 3.05) is 9.80 Å². The molecule has 0 spiro atoms. The van der Waals surface area contributed by atoms with E-state index in [0.29, 0.717) is 0 Å². The average Bonchev–Trinajstić information content (AvgIpc) is 4.32. The molecule has 15 aromatic rings. The standard InChI is InChI=1S/C70H44N2O4/c1-5-17-45(18-6-1)67-59-43-66-60(44-65(59)75-69(67)47-29-33-51(34-30-47)71(49-21-9-3-10-22-49)53-37-39-57-55-25-13-15-27-61(55)73-63(57)41-53)68(46-19-7-2-8-20-46)70(76-66)48-31-35-52(36-32-48)72(50-23-11-4-12-24-50)54-38-40-58-56-26-14-16-28-62(56)74-64(58)42-54/h1-44H. The highest BCUT2D eigenvalue weighted by molar-refractivity contribution is 6.12. The molecule has 0 amide bonds. The quantitative estimate of drug-likeness (QED) is 0.136. The predicted octanol–water partition coefficient (Wildman–Crippen LogP) is 20.6. The number of fused-ring (bicyclic) bond motifs is 8. The van der Waals surface area contributed by atoms with Crippen molar-refractivity contribution in [2.45, 2.75) is 0 Å². The minimum atomic E-state index is 0.773. The summed E-state index contributed by atoms with van der Waals surface area (Å²) >= 11 is 0. The Labute approximate surface area is 437 Å². The van der Waals surface area contributed by atoms with Gasteiger partial charge in [-0.3, -0.25) is 0 Å². The third-order valence-electron chi connectivity index (χ3n) is 14.7. The zero-order valence-corrected chi connectivity index (χ0v) is 40.9. The molecule has 0 aliphatic rings. The molecule has 0 radical (unpaired) electrons. The number of rotatable bonds is 10. The lowest BCUT2D eigenvalue weighted by atomic mass is 9.96. The Morgan fingerprint density at radius 1 is 0.197 bits per heavy atom. The molecular weight excluding hydrogens is 933 g/mol. The van der Waals surface area contributed by atoms with Gasteiger partial charge in [0.15, 0.2) is 0 Å². The van der Waals surface area contributed by atoms with E-state index in [9.17, 15) is 0 Å². The molecule has 0 bridgehead atoms. The third-order valence-corrected chi connectivity index (χ3v) is 14.7. The van der Waals surface area contributed by atoms with Crippen molar-refractivity contribution < 1.29 is 17.7 Å². The number of furan rings is 4. The van der Waals surface area contributed by atoms with E-state index in [1.165, 1.54) is 0 Å². The van der Waals surface area contributed by atoms with E-state index in [-0.39, 0.29) is 0 Å². The highest BCUT2D eigenvalue weighted by Crippen LogP contribution is 2.49. The number of hydrogen-bond donors (Lipinski definition) is 0. The molecule has 4 aromatic heterocycles. The second kappa shape index (κ2) is 17.7. The van der Waals surface area contributed by atoms with Gasteiger partial charge in [-0.05, 0) is 132 Å². The number of benzene rings is 11. The number of nitrogens with zero attached hydrogens (tertiary/aromatic N) is 2. The van der Waals surface area contributed by atoms with Crippen LogP contribution in [-0.4, -0.2) is 0 Å². The van der Waals surface area contributed by atoms with Crippen LogP contribution in [0.4, 0.5) is 34.1 Å². The molecule has 0 aliphatic heterocycles. The highest BCUT2D eigenvalue weighted by Gasteiger charge is 2.25. The maximum absolute atomic E-state index is 7.09. The molecule has 0 fully saturated rings. The fraction of sp³-hybridized carbons (Fsp3) is 0. The molecule has 0 saturated carbocycles. The molecule has 358 valence electrons. The minimum absolute atomic E-state index is 0.773. The Bertz CT molecular complexity index is 4310. The largest absolute Gasteiger partial charge is 0.456 e. The molecule has 0 saturated heterocycles. The van der Waals surface area contributed by atoms with Gasteiger partial charge in [0.2, 0.25) is 0 Å². The van der Waals surface area contributed by atoms with Crippen molar-refractivity contribution >= 4 is 99.9 Å². The van der Waals surface area contributed by atoms with Gasteiger partial charge in [0.1, 0.15) is 45.0 Å². The van der Waals surface area contributed by atoms with Gasteiger partial charge in [0, 0.05) is 101 Å². The summed E-state index contributed by atoms with van der Waals surface area (Å²) in [6.45, 7) is 0. The van der Waals surface area contributed by atoms with E-state index < -0.39 is 0 Å². The smallest absolute Gasteiger partial charge is 0.143 e. The first-order valence-electron chi connectivity index (χ1n) is 25.5. The first-order chi connectivity index (χ1) is 37.7. The van der Waals surface area contributed by atoms with Crippen LogP contribution >= 0.6 is 0 Å². The Hall–Kier alpha value is -10.3. The van der Waals surface area contributed by atoms with Crippen LogP contribution in [-0.2, 0) is 0 Å². The van der Waals surface area contributed by atoms with Gasteiger partial charge in [-0.1, -0.05) is 133 Å². The Kier molecular flexibility index (Phi) is 10.1. The summed E-state index contributed by atoms with van der Waals surface area (Å²) in [4.78, 5) is 4.53. The SMILES string of the molecule is c1ccc(-c2c(-c3ccc(N(c4ccccc4)c4ccc5c(c4)oc4ccccc45)cc3)oc3cc4c(-c5ccccc5)c(-c5ccc(N(c6ccccc6)c6ccc7c(c6)oc6ccccc67)cc5)oc4cc23)cc1. The summed E-state index contributed by atoms with van der Waals surface area (Å²) in [5.41, 5.74) is 17.1. The zero-order chi connectivity index (χ0) is 50.1. The van der Waals surface area contributed by atoms with Crippen molar-refractivity contribution in [3.8, 4) is 44.9 Å². The van der Waals surface area contributed by atoms with Gasteiger partial charge in [0.25, 0.3) is 0 Å². The topological polar surface area (TPSA) is 59.0 Å². The number of para-hydroxylation sites is 4. The van der Waals surface area contributed by atoms with Crippen LogP contribution in [0.5, 0.6) is 0 Å². The van der Waals surface area contributed by atoms with Crippen LogP contribution in [0.3, 0.4) is 0 Å². The van der Waals surface area contributed by atoms with E-state index in [2.05, 4.69) is 228 Å². The lowest BCUT2D eigenvalue weighted by Gasteiger charge is -2.25. The summed E-state index contributed by atoms with van der Waals surface area (Å²) in [5.74, 6) is 1.57. The molecule has 4 heterocycles. The molecule has 0 unspecified atom stereocenters. The Balaban J connectivity index is 0.836. The summed E-state index contributed by atoms with van der Waals surface area (Å²) in [6.07, 6.45) is 0. The molecule has 6 nitrogen and oxygen atoms in total. The van der Waals surface area contributed by atoms with E-state index in [0.717, 1.165) is 145 Å². The molecule has 15 rings (SSSR count). The lowest BCUT2D eigenvalue weighted by molar-refractivity contribution is 0.628. The third kappa shape index (κ3) is 7.26. The van der Waals surface area contributed by atoms with Crippen molar-refractivity contribution in [1.82, 2.24) is 0 Å². The molecule has 6 heteroatoms. The molecule has 11 aromatic carbocycles. The van der Waals surface area contributed by atoms with Crippen molar-refractivity contribution in [3.05, 3.63) is 267 Å². The first-order valence-corrected chi connectivity index (χ1v) is 25.5. The van der Waals surface area contributed by atoms with Crippen molar-refractivity contribution in [2.24, 2.45) is 0 Å². The summed E-state index contributed by atoms with van der Waals surface area (Å²) in [6, 6.07) is 92.9. The van der Waals surface area contributed by atoms with Gasteiger partial charge in [-0.25, -0.2) is 0 Å².